The van der Waals surface area contributed by atoms with Gasteiger partial charge in [-0.05, 0) is 63.9 Å². The van der Waals surface area contributed by atoms with Crippen LogP contribution in [0.2, 0.25) is 0 Å². The van der Waals surface area contributed by atoms with Crippen molar-refractivity contribution in [2.45, 2.75) is 46.4 Å². The van der Waals surface area contributed by atoms with Gasteiger partial charge in [0.2, 0.25) is 11.6 Å². The third-order valence-electron chi connectivity index (χ3n) is 7.07. The Hall–Kier alpha value is -4.00. The van der Waals surface area contributed by atoms with Gasteiger partial charge in [0.05, 0.1) is 18.3 Å². The Kier molecular flexibility index (Phi) is 5.86. The lowest BCUT2D eigenvalue weighted by atomic mass is 9.78. The first-order valence-electron chi connectivity index (χ1n) is 12.2. The molecule has 0 spiro atoms. The summed E-state index contributed by atoms with van der Waals surface area (Å²) in [5, 5.41) is 6.21. The van der Waals surface area contributed by atoms with Gasteiger partial charge in [0.15, 0.2) is 11.5 Å². The Balaban J connectivity index is 1.66. The number of urea groups is 1. The van der Waals surface area contributed by atoms with Crippen molar-refractivity contribution in [1.82, 2.24) is 5.32 Å². The van der Waals surface area contributed by atoms with E-state index in [2.05, 4.69) is 10.6 Å². The van der Waals surface area contributed by atoms with E-state index >= 15 is 0 Å². The molecule has 5 rings (SSSR count). The van der Waals surface area contributed by atoms with Gasteiger partial charge in [0.1, 0.15) is 5.92 Å². The zero-order valence-corrected chi connectivity index (χ0v) is 21.2. The lowest BCUT2D eigenvalue weighted by Crippen LogP contribution is -2.72. The summed E-state index contributed by atoms with van der Waals surface area (Å²) in [4.78, 5) is 29.2. The molecule has 0 radical (unpaired) electrons. The van der Waals surface area contributed by atoms with Crippen LogP contribution in [0, 0.1) is 26.7 Å². The van der Waals surface area contributed by atoms with Crippen molar-refractivity contribution in [1.29, 1.82) is 0 Å². The average molecular weight is 486 g/mol. The Morgan fingerprint density at radius 2 is 1.86 bits per heavy atom. The lowest BCUT2D eigenvalue weighted by Gasteiger charge is -2.55. The highest BCUT2D eigenvalue weighted by Gasteiger charge is 2.61. The van der Waals surface area contributed by atoms with Crippen molar-refractivity contribution in [3.8, 4) is 11.5 Å². The minimum Gasteiger partial charge on any atom is -0.490 e. The number of nitrogens with one attached hydrogen (secondary N) is 2. The third kappa shape index (κ3) is 3.75. The maximum absolute atomic E-state index is 14.0. The van der Waals surface area contributed by atoms with Crippen LogP contribution >= 0.6 is 0 Å². The minimum absolute atomic E-state index is 0.236. The summed E-state index contributed by atoms with van der Waals surface area (Å²) < 4.78 is 12.5. The molecular weight excluding hydrogens is 454 g/mol. The second-order valence-electron chi connectivity index (χ2n) is 9.60. The van der Waals surface area contributed by atoms with Crippen LogP contribution in [0.4, 0.5) is 16.2 Å². The topological polar surface area (TPSA) is 79.9 Å². The number of hydrogen-bond donors (Lipinski definition) is 2. The molecule has 2 bridgehead atoms. The van der Waals surface area contributed by atoms with Gasteiger partial charge in [-0.25, -0.2) is 4.79 Å². The van der Waals surface area contributed by atoms with Crippen molar-refractivity contribution >= 4 is 23.3 Å². The number of benzene rings is 3. The zero-order chi connectivity index (χ0) is 25.6. The van der Waals surface area contributed by atoms with Gasteiger partial charge >= 0.3 is 6.03 Å². The fraction of sp³-hybridized carbons (Fsp3) is 0.310. The molecule has 2 heterocycles. The summed E-state index contributed by atoms with van der Waals surface area (Å²) in [7, 11) is 0. The number of rotatable bonds is 5. The van der Waals surface area contributed by atoms with E-state index in [1.807, 2.05) is 95.3 Å². The minimum atomic E-state index is -1.32. The molecule has 3 atom stereocenters. The molecule has 2 aliphatic rings. The maximum atomic E-state index is 14.0. The van der Waals surface area contributed by atoms with Gasteiger partial charge in [-0.15, -0.1) is 0 Å². The Bertz CT molecular complexity index is 1350. The first-order chi connectivity index (χ1) is 17.2. The van der Waals surface area contributed by atoms with Crippen LogP contribution in [0.25, 0.3) is 0 Å². The van der Waals surface area contributed by atoms with E-state index in [4.69, 9.17) is 9.47 Å². The molecule has 36 heavy (non-hydrogen) atoms. The van der Waals surface area contributed by atoms with Gasteiger partial charge in [-0.2, -0.15) is 0 Å². The Morgan fingerprint density at radius 1 is 1.08 bits per heavy atom. The monoisotopic (exact) mass is 485 g/mol. The number of amides is 3. The number of carbonyl (C=O) groups is 2. The fourth-order valence-corrected chi connectivity index (χ4v) is 5.38. The van der Waals surface area contributed by atoms with Crippen molar-refractivity contribution in [3.05, 3.63) is 82.9 Å². The quantitative estimate of drug-likeness (QED) is 0.490. The Labute approximate surface area is 211 Å². The lowest BCUT2D eigenvalue weighted by molar-refractivity contribution is -0.131. The van der Waals surface area contributed by atoms with E-state index in [-0.39, 0.29) is 11.9 Å². The molecule has 3 aromatic rings. The predicted octanol–water partition coefficient (Wildman–Crippen LogP) is 5.64. The van der Waals surface area contributed by atoms with Crippen LogP contribution in [0.15, 0.2) is 60.7 Å². The van der Waals surface area contributed by atoms with E-state index in [9.17, 15) is 9.59 Å². The van der Waals surface area contributed by atoms with Crippen LogP contribution in [-0.2, 0) is 4.79 Å². The molecule has 3 aromatic carbocycles. The second-order valence-corrected chi connectivity index (χ2v) is 9.60. The van der Waals surface area contributed by atoms with Gasteiger partial charge in [-0.1, -0.05) is 48.0 Å². The third-order valence-corrected chi connectivity index (χ3v) is 7.07. The van der Waals surface area contributed by atoms with Gasteiger partial charge in [0.25, 0.3) is 0 Å². The Morgan fingerprint density at radius 3 is 2.58 bits per heavy atom. The van der Waals surface area contributed by atoms with Crippen LogP contribution in [-0.4, -0.2) is 24.3 Å². The molecule has 0 aliphatic carbocycles. The number of fused-ring (bicyclic) bond motifs is 4. The highest BCUT2D eigenvalue weighted by molar-refractivity contribution is 6.02. The highest BCUT2D eigenvalue weighted by atomic mass is 16.5. The summed E-state index contributed by atoms with van der Waals surface area (Å²) in [5.41, 5.74) is 3.79. The smallest absolute Gasteiger partial charge is 0.325 e. The standard InChI is InChI=1S/C29H31N3O4/c1-6-35-23-13-9-11-20-25-24(27(33)30-21-15-14-17(2)16-19(21)4)29(5,36-26(20)23)32(28(34)31-25)22-12-8-7-10-18(22)3/h7-16,24-25H,6H2,1-5H3,(H,30,33)(H,31,34)/t24-,25+,29-/m0/s1. The molecule has 1 fully saturated rings. The number of nitrogens with zero attached hydrogens (tertiary/aromatic N) is 1. The van der Waals surface area contributed by atoms with E-state index in [1.54, 1.807) is 4.90 Å². The van der Waals surface area contributed by atoms with Crippen molar-refractivity contribution in [3.63, 3.8) is 0 Å². The number of ether oxygens (including phenoxy) is 2. The largest absolute Gasteiger partial charge is 0.490 e. The van der Waals surface area contributed by atoms with Crippen LogP contribution < -0.4 is 25.0 Å². The molecule has 1 saturated heterocycles. The molecular formula is C29H31N3O4. The van der Waals surface area contributed by atoms with Gasteiger partial charge in [-0.3, -0.25) is 9.69 Å². The van der Waals surface area contributed by atoms with Crippen molar-refractivity contribution in [2.75, 3.05) is 16.8 Å². The van der Waals surface area contributed by atoms with Crippen molar-refractivity contribution in [2.24, 2.45) is 5.92 Å². The molecule has 7 nitrogen and oxygen atoms in total. The number of para-hydroxylation sites is 2. The normalized spacial score (nSPS) is 22.2. The molecule has 2 N–H and O–H groups in total. The van der Waals surface area contributed by atoms with Crippen molar-refractivity contribution < 1.29 is 19.1 Å². The number of carbonyl (C=O) groups excluding carboxylic acids is 2. The first-order valence-corrected chi connectivity index (χ1v) is 12.2. The summed E-state index contributed by atoms with van der Waals surface area (Å²) in [6.07, 6.45) is 0. The average Bonchev–Trinajstić information content (AvgIpc) is 2.82. The molecule has 3 amide bonds. The van der Waals surface area contributed by atoms with Crippen LogP contribution in [0.1, 0.15) is 42.1 Å². The van der Waals surface area contributed by atoms with Gasteiger partial charge < -0.3 is 20.1 Å². The SMILES string of the molecule is CCOc1cccc2c1O[C@@]1(C)[C@H](C(=O)Nc3ccc(C)cc3C)[C@@H]2NC(=O)N1c1ccccc1C. The molecule has 186 valence electrons. The first kappa shape index (κ1) is 23.7. The maximum Gasteiger partial charge on any atom is 0.325 e. The fourth-order valence-electron chi connectivity index (χ4n) is 5.38. The molecule has 0 unspecified atom stereocenters. The molecule has 0 aromatic heterocycles. The zero-order valence-electron chi connectivity index (χ0n) is 21.2. The van der Waals surface area contributed by atoms with Gasteiger partial charge in [0, 0.05) is 11.3 Å². The van der Waals surface area contributed by atoms with E-state index in [0.717, 1.165) is 27.9 Å². The summed E-state index contributed by atoms with van der Waals surface area (Å²) in [6, 6.07) is 18.2. The summed E-state index contributed by atoms with van der Waals surface area (Å²) >= 11 is 0. The van der Waals surface area contributed by atoms with E-state index in [0.29, 0.717) is 23.8 Å². The van der Waals surface area contributed by atoms with E-state index in [1.165, 1.54) is 0 Å². The summed E-state index contributed by atoms with van der Waals surface area (Å²) in [5.74, 6) is 0.140. The van der Waals surface area contributed by atoms with Crippen LogP contribution in [0.5, 0.6) is 11.5 Å². The predicted molar refractivity (Wildman–Crippen MR) is 140 cm³/mol. The molecule has 7 heteroatoms. The summed E-state index contributed by atoms with van der Waals surface area (Å²) in [6.45, 7) is 10.1. The highest BCUT2D eigenvalue weighted by Crippen LogP contribution is 2.52. The molecule has 0 saturated carbocycles. The van der Waals surface area contributed by atoms with Crippen LogP contribution in [0.3, 0.4) is 0 Å². The number of aryl methyl sites for hydroxylation is 3. The molecule has 2 aliphatic heterocycles. The number of anilines is 2. The van der Waals surface area contributed by atoms with E-state index < -0.39 is 17.7 Å². The second kappa shape index (κ2) is 8.90. The number of hydrogen-bond acceptors (Lipinski definition) is 4.